The number of methoxy groups -OCH3 is 2. The van der Waals surface area contributed by atoms with Crippen LogP contribution in [-0.4, -0.2) is 63.1 Å². The Morgan fingerprint density at radius 3 is 2.37 bits per heavy atom. The molecule has 6 atom stereocenters. The lowest BCUT2D eigenvalue weighted by Gasteiger charge is -2.51. The van der Waals surface area contributed by atoms with E-state index in [9.17, 15) is 24.3 Å². The number of aryl methyl sites for hydroxylation is 1. The number of rotatable bonds is 5. The number of hydrogen-bond acceptors (Lipinski definition) is 7. The lowest BCUT2D eigenvalue weighted by Crippen LogP contribution is -2.60. The number of allylic oxidation sites excluding steroid dienone is 2. The Labute approximate surface area is 270 Å². The summed E-state index contributed by atoms with van der Waals surface area (Å²) >= 11 is 24.1. The minimum absolute atomic E-state index is 0.120. The number of alkyl halides is 3. The van der Waals surface area contributed by atoms with E-state index in [2.05, 4.69) is 15.9 Å². The number of imide groups is 2. The Hall–Kier alpha value is -2.79. The van der Waals surface area contributed by atoms with Gasteiger partial charge in [0.15, 0.2) is 9.75 Å². The molecule has 0 spiro atoms. The number of anilines is 1. The SMILES string of the molecule is COc1cc(O)c([C@H]2C3=CC[C@@H]4C(=O)N(c5ccc(C)c(Cl)c5)C(=O)[C@@H]4[C@@H]3C[C@@]3(Cl)C(=O)N(CBr)C(=O)[C@@]23Cl)c(OC)c1. The number of halogens is 4. The minimum atomic E-state index is -2.09. The first-order chi connectivity index (χ1) is 20.3. The van der Waals surface area contributed by atoms with E-state index in [1.54, 1.807) is 24.3 Å². The van der Waals surface area contributed by atoms with Gasteiger partial charge in [0.05, 0.1) is 37.2 Å². The number of fused-ring (bicyclic) bond motifs is 4. The topological polar surface area (TPSA) is 113 Å². The minimum Gasteiger partial charge on any atom is -0.507 e. The molecule has 1 saturated carbocycles. The molecule has 0 aromatic heterocycles. The van der Waals surface area contributed by atoms with Gasteiger partial charge in [-0.05, 0) is 43.4 Å². The molecule has 0 unspecified atom stereocenters. The van der Waals surface area contributed by atoms with Crippen molar-refractivity contribution < 1.29 is 33.8 Å². The van der Waals surface area contributed by atoms with Gasteiger partial charge in [-0.2, -0.15) is 0 Å². The number of phenolic OH excluding ortho intramolecular Hbond substituents is 1. The molecule has 3 fully saturated rings. The molecule has 6 rings (SSSR count). The number of ether oxygens (including phenoxy) is 2. The number of hydrogen-bond donors (Lipinski definition) is 1. The van der Waals surface area contributed by atoms with Gasteiger partial charge < -0.3 is 14.6 Å². The van der Waals surface area contributed by atoms with Crippen molar-refractivity contribution in [3.8, 4) is 17.2 Å². The molecule has 2 aliphatic carbocycles. The molecule has 2 aromatic rings. The maximum absolute atomic E-state index is 14.2. The van der Waals surface area contributed by atoms with Crippen LogP contribution >= 0.6 is 50.7 Å². The van der Waals surface area contributed by atoms with E-state index in [4.69, 9.17) is 44.3 Å². The molecule has 43 heavy (non-hydrogen) atoms. The molecule has 0 bridgehead atoms. The number of aromatic hydroxyl groups is 1. The summed E-state index contributed by atoms with van der Waals surface area (Å²) in [5.41, 5.74) is 1.61. The maximum Gasteiger partial charge on any atom is 0.254 e. The van der Waals surface area contributed by atoms with Gasteiger partial charge in [0.25, 0.3) is 11.8 Å². The van der Waals surface area contributed by atoms with Crippen molar-refractivity contribution in [2.24, 2.45) is 17.8 Å². The molecule has 9 nitrogen and oxygen atoms in total. The first-order valence-electron chi connectivity index (χ1n) is 13.4. The molecule has 2 heterocycles. The quantitative estimate of drug-likeness (QED) is 0.194. The molecule has 226 valence electrons. The highest BCUT2D eigenvalue weighted by molar-refractivity contribution is 9.09. The zero-order valence-corrected chi connectivity index (χ0v) is 27.1. The van der Waals surface area contributed by atoms with Crippen molar-refractivity contribution in [3.63, 3.8) is 0 Å². The summed E-state index contributed by atoms with van der Waals surface area (Å²) in [7, 11) is 2.80. The summed E-state index contributed by atoms with van der Waals surface area (Å²) in [5.74, 6) is -5.83. The summed E-state index contributed by atoms with van der Waals surface area (Å²) in [4.78, 5) is 53.7. The van der Waals surface area contributed by atoms with Crippen molar-refractivity contribution in [1.82, 2.24) is 4.90 Å². The number of phenols is 1. The van der Waals surface area contributed by atoms with Crippen LogP contribution in [0.2, 0.25) is 5.02 Å². The van der Waals surface area contributed by atoms with E-state index in [1.165, 1.54) is 26.4 Å². The van der Waals surface area contributed by atoms with Crippen molar-refractivity contribution in [1.29, 1.82) is 0 Å². The Morgan fingerprint density at radius 2 is 1.74 bits per heavy atom. The molecular weight excluding hydrogens is 687 g/mol. The number of likely N-dealkylation sites (tertiary alicyclic amines) is 1. The molecule has 4 aliphatic rings. The van der Waals surface area contributed by atoms with Crippen molar-refractivity contribution >= 4 is 80.0 Å². The van der Waals surface area contributed by atoms with Gasteiger partial charge in [0.1, 0.15) is 17.2 Å². The fourth-order valence-corrected chi connectivity index (χ4v) is 8.79. The molecule has 2 aromatic carbocycles. The van der Waals surface area contributed by atoms with Crippen LogP contribution in [0.3, 0.4) is 0 Å². The second-order valence-corrected chi connectivity index (χ2v) is 13.3. The van der Waals surface area contributed by atoms with Gasteiger partial charge >= 0.3 is 0 Å². The predicted molar refractivity (Wildman–Crippen MR) is 163 cm³/mol. The van der Waals surface area contributed by atoms with Crippen LogP contribution in [0.15, 0.2) is 42.0 Å². The number of nitrogens with zero attached hydrogens (tertiary/aromatic N) is 2. The lowest BCUT2D eigenvalue weighted by molar-refractivity contribution is -0.138. The van der Waals surface area contributed by atoms with E-state index in [0.29, 0.717) is 16.3 Å². The third kappa shape index (κ3) is 3.95. The maximum atomic E-state index is 14.2. The molecule has 4 amide bonds. The van der Waals surface area contributed by atoms with Gasteiger partial charge in [-0.15, -0.1) is 23.2 Å². The Balaban J connectivity index is 1.56. The lowest BCUT2D eigenvalue weighted by atomic mass is 9.56. The number of amides is 4. The van der Waals surface area contributed by atoms with Crippen LogP contribution in [-0.2, 0) is 19.2 Å². The Kier molecular flexibility index (Phi) is 7.31. The van der Waals surface area contributed by atoms with Gasteiger partial charge in [0, 0.05) is 28.6 Å². The largest absolute Gasteiger partial charge is 0.507 e. The fourth-order valence-electron chi connectivity index (χ4n) is 7.21. The predicted octanol–water partition coefficient (Wildman–Crippen LogP) is 5.29. The second-order valence-electron chi connectivity index (χ2n) is 11.2. The fraction of sp³-hybridized carbons (Fsp3) is 0.400. The van der Waals surface area contributed by atoms with Crippen LogP contribution in [0.1, 0.15) is 29.9 Å². The second kappa shape index (κ2) is 10.4. The highest BCUT2D eigenvalue weighted by atomic mass is 79.9. The monoisotopic (exact) mass is 710 g/mol. The van der Waals surface area contributed by atoms with E-state index >= 15 is 0 Å². The standard InChI is InChI=1S/C30H26BrCl3N2O7/c1-13-4-5-14(8-19(13)32)36-25(38)17-7-6-16-18(22(17)26(36)39)11-29(33)27(40)35(12-31)28(41)30(29,34)24(16)23-20(37)9-15(42-2)10-21(23)43-3/h4-6,8-10,17-18,22,24,37H,7,11-12H2,1-3H3/t17-,18+,22-,24+,29+,30-/m0/s1. The van der Waals surface area contributed by atoms with E-state index in [1.807, 2.05) is 6.92 Å². The third-order valence-corrected chi connectivity index (χ3v) is 11.6. The summed E-state index contributed by atoms with van der Waals surface area (Å²) in [6.07, 6.45) is 1.77. The van der Waals surface area contributed by atoms with Crippen LogP contribution in [0.25, 0.3) is 0 Å². The van der Waals surface area contributed by atoms with E-state index in [-0.39, 0.29) is 41.1 Å². The highest BCUT2D eigenvalue weighted by Gasteiger charge is 2.76. The molecule has 2 aliphatic heterocycles. The number of benzene rings is 2. The summed E-state index contributed by atoms with van der Waals surface area (Å²) in [5, 5.41) is 11.7. The zero-order chi connectivity index (χ0) is 31.2. The van der Waals surface area contributed by atoms with Gasteiger partial charge in [-0.1, -0.05) is 45.2 Å². The zero-order valence-electron chi connectivity index (χ0n) is 23.2. The molecule has 0 radical (unpaired) electrons. The van der Waals surface area contributed by atoms with Crippen molar-refractivity contribution in [2.45, 2.75) is 35.4 Å². The third-order valence-electron chi connectivity index (χ3n) is 9.27. The molecule has 13 heteroatoms. The first-order valence-corrected chi connectivity index (χ1v) is 15.7. The average molecular weight is 713 g/mol. The highest BCUT2D eigenvalue weighted by Crippen LogP contribution is 2.67. The Morgan fingerprint density at radius 1 is 1.02 bits per heavy atom. The van der Waals surface area contributed by atoms with Crippen LogP contribution in [0, 0.1) is 24.7 Å². The normalized spacial score (nSPS) is 31.6. The van der Waals surface area contributed by atoms with Crippen LogP contribution in [0.4, 0.5) is 5.69 Å². The number of carbonyl (C=O) groups is 4. The van der Waals surface area contributed by atoms with Gasteiger partial charge in [-0.25, -0.2) is 4.90 Å². The van der Waals surface area contributed by atoms with Crippen molar-refractivity contribution in [3.05, 3.63) is 58.1 Å². The summed E-state index contributed by atoms with van der Waals surface area (Å²) < 4.78 is 10.9. The smallest absolute Gasteiger partial charge is 0.254 e. The summed E-state index contributed by atoms with van der Waals surface area (Å²) in [6.45, 7) is 1.81. The first kappa shape index (κ1) is 30.2. The van der Waals surface area contributed by atoms with Crippen LogP contribution < -0.4 is 14.4 Å². The Bertz CT molecular complexity index is 1650. The molecule has 1 N–H and O–H groups in total. The van der Waals surface area contributed by atoms with Gasteiger partial charge in [0.2, 0.25) is 11.8 Å². The van der Waals surface area contributed by atoms with Gasteiger partial charge in [-0.3, -0.25) is 24.1 Å². The molecular formula is C30H26BrCl3N2O7. The van der Waals surface area contributed by atoms with E-state index < -0.39 is 57.0 Å². The number of carbonyl (C=O) groups excluding carboxylic acids is 4. The molecule has 2 saturated heterocycles. The van der Waals surface area contributed by atoms with E-state index in [0.717, 1.165) is 15.4 Å². The average Bonchev–Trinajstić information content (AvgIpc) is 3.32. The van der Waals surface area contributed by atoms with Crippen molar-refractivity contribution in [2.75, 3.05) is 24.6 Å². The summed E-state index contributed by atoms with van der Waals surface area (Å²) in [6, 6.07) is 7.83. The van der Waals surface area contributed by atoms with Crippen LogP contribution in [0.5, 0.6) is 17.2 Å².